The molecule has 0 saturated heterocycles. The largest absolute Gasteiger partial charge is 0.457 e. The summed E-state index contributed by atoms with van der Waals surface area (Å²) in [5.74, 6) is 1.42. The molecule has 0 amide bonds. The predicted molar refractivity (Wildman–Crippen MR) is 76.7 cm³/mol. The van der Waals surface area contributed by atoms with Crippen LogP contribution in [-0.4, -0.2) is 12.7 Å². The van der Waals surface area contributed by atoms with Crippen LogP contribution in [0.5, 0.6) is 11.5 Å². The van der Waals surface area contributed by atoms with Crippen molar-refractivity contribution in [1.82, 2.24) is 0 Å². The van der Waals surface area contributed by atoms with Crippen molar-refractivity contribution in [3.8, 4) is 11.5 Å². The van der Waals surface area contributed by atoms with E-state index in [1.807, 2.05) is 30.3 Å². The lowest BCUT2D eigenvalue weighted by Crippen LogP contribution is -2.10. The van der Waals surface area contributed by atoms with E-state index >= 15 is 0 Å². The summed E-state index contributed by atoms with van der Waals surface area (Å²) >= 11 is 0. The van der Waals surface area contributed by atoms with Crippen molar-refractivity contribution in [3.05, 3.63) is 54.6 Å². The van der Waals surface area contributed by atoms with E-state index in [0.29, 0.717) is 12.3 Å². The van der Waals surface area contributed by atoms with Crippen LogP contribution in [0.1, 0.15) is 12.8 Å². The maximum atomic E-state index is 12.0. The Balaban J connectivity index is 1.79. The maximum absolute atomic E-state index is 12.0. The molecule has 1 N–H and O–H groups in total. The summed E-state index contributed by atoms with van der Waals surface area (Å²) in [7, 11) is 0. The van der Waals surface area contributed by atoms with Gasteiger partial charge in [0.2, 0.25) is 0 Å². The fourth-order valence-corrected chi connectivity index (χ4v) is 1.79. The number of para-hydroxylation sites is 1. The number of ether oxygens (including phenoxy) is 1. The van der Waals surface area contributed by atoms with Crippen molar-refractivity contribution in [1.29, 1.82) is 0 Å². The van der Waals surface area contributed by atoms with Crippen LogP contribution in [0.3, 0.4) is 0 Å². The second-order valence-electron chi connectivity index (χ2n) is 4.58. The van der Waals surface area contributed by atoms with Gasteiger partial charge in [0.1, 0.15) is 11.5 Å². The Kier molecular flexibility index (Phi) is 5.09. The zero-order valence-corrected chi connectivity index (χ0v) is 11.4. The normalized spacial score (nSPS) is 11.2. The molecule has 2 rings (SSSR count). The summed E-state index contributed by atoms with van der Waals surface area (Å²) in [5, 5.41) is 2.95. The van der Waals surface area contributed by atoms with Crippen molar-refractivity contribution >= 4 is 5.69 Å². The Morgan fingerprint density at radius 1 is 0.857 bits per heavy atom. The highest BCUT2D eigenvalue weighted by molar-refractivity contribution is 5.47. The lowest BCUT2D eigenvalue weighted by molar-refractivity contribution is -0.134. The monoisotopic (exact) mass is 295 g/mol. The molecule has 2 aromatic rings. The molecule has 0 bridgehead atoms. The lowest BCUT2D eigenvalue weighted by atomic mass is 10.2. The van der Waals surface area contributed by atoms with Crippen LogP contribution in [0.2, 0.25) is 0 Å². The molecular weight excluding hydrogens is 279 g/mol. The standard InChI is InChI=1S/C16H16F3NO/c17-16(18,19)11-4-12-20-13-7-9-15(10-8-13)21-14-5-2-1-3-6-14/h1-3,5-10,20H,4,11-12H2. The molecule has 0 aliphatic rings. The van der Waals surface area contributed by atoms with Gasteiger partial charge in [-0.05, 0) is 42.8 Å². The van der Waals surface area contributed by atoms with Crippen LogP contribution < -0.4 is 10.1 Å². The van der Waals surface area contributed by atoms with Crippen LogP contribution in [0, 0.1) is 0 Å². The van der Waals surface area contributed by atoms with E-state index < -0.39 is 12.6 Å². The maximum Gasteiger partial charge on any atom is 0.389 e. The molecule has 112 valence electrons. The van der Waals surface area contributed by atoms with Gasteiger partial charge in [-0.2, -0.15) is 13.2 Å². The van der Waals surface area contributed by atoms with Crippen LogP contribution >= 0.6 is 0 Å². The predicted octanol–water partition coefficient (Wildman–Crippen LogP) is 5.23. The SMILES string of the molecule is FC(F)(F)CCCNc1ccc(Oc2ccccc2)cc1. The molecule has 0 fully saturated rings. The molecule has 0 aromatic heterocycles. The topological polar surface area (TPSA) is 21.3 Å². The minimum atomic E-state index is -4.09. The van der Waals surface area contributed by atoms with E-state index in [0.717, 1.165) is 11.4 Å². The zero-order chi connectivity index (χ0) is 15.1. The van der Waals surface area contributed by atoms with Crippen LogP contribution in [0.4, 0.5) is 18.9 Å². The van der Waals surface area contributed by atoms with Crippen molar-refractivity contribution in [2.45, 2.75) is 19.0 Å². The van der Waals surface area contributed by atoms with E-state index in [9.17, 15) is 13.2 Å². The summed E-state index contributed by atoms with van der Waals surface area (Å²) in [4.78, 5) is 0. The Morgan fingerprint density at radius 2 is 1.48 bits per heavy atom. The third-order valence-corrected chi connectivity index (χ3v) is 2.80. The van der Waals surface area contributed by atoms with Gasteiger partial charge in [-0.3, -0.25) is 0 Å². The van der Waals surface area contributed by atoms with E-state index in [4.69, 9.17) is 4.74 Å². The van der Waals surface area contributed by atoms with Gasteiger partial charge in [0.05, 0.1) is 0 Å². The first-order chi connectivity index (χ1) is 10.0. The highest BCUT2D eigenvalue weighted by Crippen LogP contribution is 2.23. The molecular formula is C16H16F3NO. The summed E-state index contributed by atoms with van der Waals surface area (Å²) < 4.78 is 41.6. The Hall–Kier alpha value is -2.17. The van der Waals surface area contributed by atoms with Crippen molar-refractivity contribution < 1.29 is 17.9 Å². The van der Waals surface area contributed by atoms with Gasteiger partial charge in [-0.25, -0.2) is 0 Å². The van der Waals surface area contributed by atoms with Gasteiger partial charge < -0.3 is 10.1 Å². The average Bonchev–Trinajstić information content (AvgIpc) is 2.45. The Labute approximate surface area is 121 Å². The second-order valence-corrected chi connectivity index (χ2v) is 4.58. The number of alkyl halides is 3. The van der Waals surface area contributed by atoms with Crippen LogP contribution in [0.25, 0.3) is 0 Å². The molecule has 0 aliphatic carbocycles. The Morgan fingerprint density at radius 3 is 2.10 bits per heavy atom. The number of halogens is 3. The number of anilines is 1. The van der Waals surface area contributed by atoms with Gasteiger partial charge in [-0.15, -0.1) is 0 Å². The summed E-state index contributed by atoms with van der Waals surface area (Å²) in [6.45, 7) is 0.290. The molecule has 5 heteroatoms. The third kappa shape index (κ3) is 5.77. The van der Waals surface area contributed by atoms with E-state index in [2.05, 4.69) is 5.32 Å². The number of hydrogen-bond acceptors (Lipinski definition) is 2. The third-order valence-electron chi connectivity index (χ3n) is 2.80. The molecule has 0 radical (unpaired) electrons. The molecule has 2 aromatic carbocycles. The average molecular weight is 295 g/mol. The first-order valence-corrected chi connectivity index (χ1v) is 6.66. The highest BCUT2D eigenvalue weighted by atomic mass is 19.4. The fraction of sp³-hybridized carbons (Fsp3) is 0.250. The van der Waals surface area contributed by atoms with Crippen molar-refractivity contribution in [2.24, 2.45) is 0 Å². The second kappa shape index (κ2) is 7.02. The molecule has 0 aliphatic heterocycles. The minimum absolute atomic E-state index is 0.0613. The van der Waals surface area contributed by atoms with Gasteiger partial charge in [0.25, 0.3) is 0 Å². The van der Waals surface area contributed by atoms with E-state index in [1.54, 1.807) is 24.3 Å². The summed E-state index contributed by atoms with van der Waals surface area (Å²) in [5.41, 5.74) is 0.776. The van der Waals surface area contributed by atoms with Gasteiger partial charge in [0.15, 0.2) is 0 Å². The zero-order valence-electron chi connectivity index (χ0n) is 11.4. The van der Waals surface area contributed by atoms with Crippen molar-refractivity contribution in [2.75, 3.05) is 11.9 Å². The number of benzene rings is 2. The highest BCUT2D eigenvalue weighted by Gasteiger charge is 2.25. The minimum Gasteiger partial charge on any atom is -0.457 e. The van der Waals surface area contributed by atoms with Crippen LogP contribution in [-0.2, 0) is 0 Å². The molecule has 2 nitrogen and oxygen atoms in total. The lowest BCUT2D eigenvalue weighted by Gasteiger charge is -2.09. The summed E-state index contributed by atoms with van der Waals surface area (Å²) in [6.07, 6.45) is -4.80. The van der Waals surface area contributed by atoms with E-state index in [-0.39, 0.29) is 6.42 Å². The number of rotatable bonds is 6. The smallest absolute Gasteiger partial charge is 0.389 e. The van der Waals surface area contributed by atoms with Gasteiger partial charge in [-0.1, -0.05) is 18.2 Å². The first kappa shape index (κ1) is 15.2. The molecule has 0 atom stereocenters. The quantitative estimate of drug-likeness (QED) is 0.736. The molecule has 0 saturated carbocycles. The number of hydrogen-bond donors (Lipinski definition) is 1. The van der Waals surface area contributed by atoms with Gasteiger partial charge >= 0.3 is 6.18 Å². The molecule has 0 unspecified atom stereocenters. The first-order valence-electron chi connectivity index (χ1n) is 6.66. The summed E-state index contributed by atoms with van der Waals surface area (Å²) in [6, 6.07) is 16.5. The van der Waals surface area contributed by atoms with Crippen LogP contribution in [0.15, 0.2) is 54.6 Å². The van der Waals surface area contributed by atoms with E-state index in [1.165, 1.54) is 0 Å². The fourth-order valence-electron chi connectivity index (χ4n) is 1.79. The van der Waals surface area contributed by atoms with Gasteiger partial charge in [0, 0.05) is 18.7 Å². The number of nitrogens with one attached hydrogen (secondary N) is 1. The Bertz CT molecular complexity index is 538. The molecule has 0 heterocycles. The molecule has 0 spiro atoms. The van der Waals surface area contributed by atoms with Crippen molar-refractivity contribution in [3.63, 3.8) is 0 Å². The molecule has 21 heavy (non-hydrogen) atoms.